The molecule has 9 heteroatoms. The average Bonchev–Trinajstić information content (AvgIpc) is 3.50. The summed E-state index contributed by atoms with van der Waals surface area (Å²) in [5.74, 6) is -0.910. The number of methoxy groups -OCH3 is 1. The van der Waals surface area contributed by atoms with E-state index in [4.69, 9.17) is 9.47 Å². The molecule has 2 aromatic carbocycles. The SMILES string of the molecule is COc1ccccc1NC(=O)COC(=O)c1ccc(NC2CC2)c([N+](=O)[O-])c1. The smallest absolute Gasteiger partial charge is 0.338 e. The third-order valence-electron chi connectivity index (χ3n) is 4.08. The minimum absolute atomic E-state index is 0.00172. The highest BCUT2D eigenvalue weighted by Crippen LogP contribution is 2.31. The number of anilines is 2. The molecule has 1 saturated carbocycles. The van der Waals surface area contributed by atoms with E-state index in [0.717, 1.165) is 18.9 Å². The normalized spacial score (nSPS) is 12.8. The van der Waals surface area contributed by atoms with Gasteiger partial charge in [-0.15, -0.1) is 0 Å². The fourth-order valence-corrected chi connectivity index (χ4v) is 2.53. The van der Waals surface area contributed by atoms with Crippen molar-refractivity contribution < 1.29 is 24.0 Å². The van der Waals surface area contributed by atoms with Gasteiger partial charge in [0.1, 0.15) is 11.4 Å². The number of rotatable bonds is 8. The molecule has 0 aliphatic heterocycles. The molecule has 2 N–H and O–H groups in total. The summed E-state index contributed by atoms with van der Waals surface area (Å²) in [6.07, 6.45) is 1.92. The number of nitro groups is 1. The molecule has 0 atom stereocenters. The lowest BCUT2D eigenvalue weighted by Gasteiger charge is -2.10. The second-order valence-corrected chi connectivity index (χ2v) is 6.23. The largest absolute Gasteiger partial charge is 0.495 e. The number of carbonyl (C=O) groups is 2. The lowest BCUT2D eigenvalue weighted by atomic mass is 10.1. The standard InChI is InChI=1S/C19H19N3O6/c1-27-17-5-3-2-4-15(17)21-18(23)11-28-19(24)12-6-9-14(20-13-7-8-13)16(10-12)22(25)26/h2-6,9-10,13,20H,7-8,11H2,1H3,(H,21,23). The number of benzene rings is 2. The number of amides is 1. The zero-order valence-electron chi connectivity index (χ0n) is 15.1. The lowest BCUT2D eigenvalue weighted by Crippen LogP contribution is -2.21. The Labute approximate surface area is 160 Å². The first kappa shape index (κ1) is 19.2. The molecule has 0 radical (unpaired) electrons. The van der Waals surface area contributed by atoms with Crippen molar-refractivity contribution in [2.45, 2.75) is 18.9 Å². The minimum atomic E-state index is -0.823. The monoisotopic (exact) mass is 385 g/mol. The van der Waals surface area contributed by atoms with Gasteiger partial charge in [0.05, 0.1) is 23.3 Å². The number of hydrogen-bond donors (Lipinski definition) is 2. The van der Waals surface area contributed by atoms with Crippen LogP contribution < -0.4 is 15.4 Å². The van der Waals surface area contributed by atoms with Crippen molar-refractivity contribution in [2.24, 2.45) is 0 Å². The van der Waals surface area contributed by atoms with E-state index >= 15 is 0 Å². The lowest BCUT2D eigenvalue weighted by molar-refractivity contribution is -0.384. The van der Waals surface area contributed by atoms with E-state index in [0.29, 0.717) is 17.1 Å². The van der Waals surface area contributed by atoms with Crippen LogP contribution in [0.2, 0.25) is 0 Å². The number of hydrogen-bond acceptors (Lipinski definition) is 7. The van der Waals surface area contributed by atoms with Gasteiger partial charge in [-0.25, -0.2) is 4.79 Å². The van der Waals surface area contributed by atoms with Crippen LogP contribution in [0.3, 0.4) is 0 Å². The summed E-state index contributed by atoms with van der Waals surface area (Å²) in [6, 6.07) is 11.1. The second kappa shape index (κ2) is 8.38. The van der Waals surface area contributed by atoms with Crippen molar-refractivity contribution in [3.63, 3.8) is 0 Å². The van der Waals surface area contributed by atoms with Gasteiger partial charge < -0.3 is 20.1 Å². The van der Waals surface area contributed by atoms with Crippen molar-refractivity contribution in [3.05, 3.63) is 58.1 Å². The fraction of sp³-hybridized carbons (Fsp3) is 0.263. The number of nitrogens with zero attached hydrogens (tertiary/aromatic N) is 1. The molecule has 9 nitrogen and oxygen atoms in total. The average molecular weight is 385 g/mol. The van der Waals surface area contributed by atoms with Gasteiger partial charge in [-0.05, 0) is 37.1 Å². The fourth-order valence-electron chi connectivity index (χ4n) is 2.53. The Morgan fingerprint density at radius 1 is 1.18 bits per heavy atom. The van der Waals surface area contributed by atoms with Crippen molar-refractivity contribution in [3.8, 4) is 5.75 Å². The Morgan fingerprint density at radius 3 is 2.61 bits per heavy atom. The summed E-state index contributed by atoms with van der Waals surface area (Å²) < 4.78 is 10.1. The molecule has 28 heavy (non-hydrogen) atoms. The van der Waals surface area contributed by atoms with Crippen molar-refractivity contribution >= 4 is 28.9 Å². The molecule has 0 unspecified atom stereocenters. The third-order valence-corrected chi connectivity index (χ3v) is 4.08. The first-order chi connectivity index (χ1) is 13.5. The maximum absolute atomic E-state index is 12.2. The predicted octanol–water partition coefficient (Wildman–Crippen LogP) is 2.97. The van der Waals surface area contributed by atoms with E-state index in [1.165, 1.54) is 19.2 Å². The highest BCUT2D eigenvalue weighted by molar-refractivity contribution is 5.96. The van der Waals surface area contributed by atoms with Gasteiger partial charge in [-0.1, -0.05) is 12.1 Å². The molecule has 0 bridgehead atoms. The second-order valence-electron chi connectivity index (χ2n) is 6.23. The van der Waals surface area contributed by atoms with Crippen LogP contribution in [0.4, 0.5) is 17.1 Å². The summed E-state index contributed by atoms with van der Waals surface area (Å²) in [7, 11) is 1.47. The Bertz CT molecular complexity index is 910. The van der Waals surface area contributed by atoms with Gasteiger partial charge >= 0.3 is 5.97 Å². The molecular weight excluding hydrogens is 366 g/mol. The zero-order valence-corrected chi connectivity index (χ0v) is 15.1. The Morgan fingerprint density at radius 2 is 1.93 bits per heavy atom. The molecule has 1 aliphatic carbocycles. The van der Waals surface area contributed by atoms with E-state index in [9.17, 15) is 19.7 Å². The minimum Gasteiger partial charge on any atom is -0.495 e. The maximum atomic E-state index is 12.2. The van der Waals surface area contributed by atoms with Crippen LogP contribution in [-0.4, -0.2) is 36.6 Å². The molecule has 0 heterocycles. The zero-order chi connectivity index (χ0) is 20.1. The molecule has 1 amide bonds. The molecular formula is C19H19N3O6. The van der Waals surface area contributed by atoms with E-state index < -0.39 is 23.4 Å². The van der Waals surface area contributed by atoms with E-state index in [1.807, 2.05) is 0 Å². The number of nitro benzene ring substituents is 1. The van der Waals surface area contributed by atoms with Crippen LogP contribution in [0.1, 0.15) is 23.2 Å². The van der Waals surface area contributed by atoms with Crippen LogP contribution in [0.5, 0.6) is 5.75 Å². The Balaban J connectivity index is 1.61. The highest BCUT2D eigenvalue weighted by atomic mass is 16.6. The van der Waals surface area contributed by atoms with Crippen LogP contribution in [-0.2, 0) is 9.53 Å². The van der Waals surface area contributed by atoms with Crippen LogP contribution in [0.25, 0.3) is 0 Å². The number of nitrogens with one attached hydrogen (secondary N) is 2. The van der Waals surface area contributed by atoms with E-state index in [-0.39, 0.29) is 17.3 Å². The van der Waals surface area contributed by atoms with Crippen LogP contribution in [0, 0.1) is 10.1 Å². The first-order valence-corrected chi connectivity index (χ1v) is 8.63. The molecule has 1 aliphatic rings. The third kappa shape index (κ3) is 4.76. The Kier molecular flexibility index (Phi) is 5.73. The van der Waals surface area contributed by atoms with E-state index in [2.05, 4.69) is 10.6 Å². The number of para-hydroxylation sites is 2. The van der Waals surface area contributed by atoms with Gasteiger partial charge in [0, 0.05) is 12.1 Å². The summed E-state index contributed by atoms with van der Waals surface area (Å²) in [4.78, 5) is 34.9. The maximum Gasteiger partial charge on any atom is 0.338 e. The van der Waals surface area contributed by atoms with Gasteiger partial charge in [-0.2, -0.15) is 0 Å². The van der Waals surface area contributed by atoms with Crippen molar-refractivity contribution in [1.82, 2.24) is 0 Å². The summed E-state index contributed by atoms with van der Waals surface area (Å²) in [5.41, 5.74) is 0.591. The number of esters is 1. The Hall–Kier alpha value is -3.62. The van der Waals surface area contributed by atoms with Crippen molar-refractivity contribution in [1.29, 1.82) is 0 Å². The summed E-state index contributed by atoms with van der Waals surface area (Å²) in [5, 5.41) is 16.9. The summed E-state index contributed by atoms with van der Waals surface area (Å²) >= 11 is 0. The number of ether oxygens (including phenoxy) is 2. The van der Waals surface area contributed by atoms with Crippen LogP contribution in [0.15, 0.2) is 42.5 Å². The van der Waals surface area contributed by atoms with Gasteiger partial charge in [0.15, 0.2) is 6.61 Å². The quantitative estimate of drug-likeness (QED) is 0.407. The highest BCUT2D eigenvalue weighted by Gasteiger charge is 2.26. The van der Waals surface area contributed by atoms with Gasteiger partial charge in [0.25, 0.3) is 11.6 Å². The van der Waals surface area contributed by atoms with Gasteiger partial charge in [-0.3, -0.25) is 14.9 Å². The van der Waals surface area contributed by atoms with Crippen LogP contribution >= 0.6 is 0 Å². The molecule has 2 aromatic rings. The molecule has 0 saturated heterocycles. The van der Waals surface area contributed by atoms with E-state index in [1.54, 1.807) is 24.3 Å². The topological polar surface area (TPSA) is 120 Å². The molecule has 0 aromatic heterocycles. The molecule has 146 valence electrons. The van der Waals surface area contributed by atoms with Gasteiger partial charge in [0.2, 0.25) is 0 Å². The molecule has 1 fully saturated rings. The van der Waals surface area contributed by atoms with Crippen molar-refractivity contribution in [2.75, 3.05) is 24.4 Å². The molecule has 3 rings (SSSR count). The number of carbonyl (C=O) groups excluding carboxylic acids is 2. The molecule has 0 spiro atoms. The summed E-state index contributed by atoms with van der Waals surface area (Å²) in [6.45, 7) is -0.535. The first-order valence-electron chi connectivity index (χ1n) is 8.63. The predicted molar refractivity (Wildman–Crippen MR) is 102 cm³/mol.